The van der Waals surface area contributed by atoms with Gasteiger partial charge in [-0.05, 0) is 48.0 Å². The number of likely N-dealkylation sites (N-methyl/N-ethyl adjacent to an activating group) is 2. The summed E-state index contributed by atoms with van der Waals surface area (Å²) in [5, 5.41) is 0. The topological polar surface area (TPSA) is 35.7 Å². The Morgan fingerprint density at radius 2 is 2.00 bits per heavy atom. The average Bonchev–Trinajstić information content (AvgIpc) is 2.35. The molecule has 1 heterocycles. The van der Waals surface area contributed by atoms with Gasteiger partial charge in [0.15, 0.2) is 0 Å². The highest BCUT2D eigenvalue weighted by molar-refractivity contribution is 4.90. The Hall–Kier alpha value is -0.160. The summed E-state index contributed by atoms with van der Waals surface area (Å²) in [6.07, 6.45) is 1.22. The van der Waals surface area contributed by atoms with Gasteiger partial charge in [0, 0.05) is 37.8 Å². The number of rotatable bonds is 4. The molecule has 0 bridgehead atoms. The van der Waals surface area contributed by atoms with Crippen LogP contribution >= 0.6 is 0 Å². The molecule has 0 radical (unpaired) electrons. The molecule has 0 spiro atoms. The molecule has 1 atom stereocenters. The summed E-state index contributed by atoms with van der Waals surface area (Å²) in [6, 6.07) is 0.499. The maximum absolute atomic E-state index is 5.89. The van der Waals surface area contributed by atoms with Crippen LogP contribution in [0.15, 0.2) is 0 Å². The first-order chi connectivity index (χ1) is 7.86. The van der Waals surface area contributed by atoms with Crippen molar-refractivity contribution in [3.05, 3.63) is 0 Å². The Morgan fingerprint density at radius 1 is 1.35 bits per heavy atom. The van der Waals surface area contributed by atoms with E-state index in [4.69, 9.17) is 5.73 Å². The Labute approximate surface area is 107 Å². The maximum Gasteiger partial charge on any atom is 0.0342 e. The van der Waals surface area contributed by atoms with Crippen LogP contribution in [-0.4, -0.2) is 80.1 Å². The minimum absolute atomic E-state index is 0.286. The second-order valence-electron chi connectivity index (χ2n) is 6.18. The third-order valence-electron chi connectivity index (χ3n) is 4.08. The zero-order valence-electron chi connectivity index (χ0n) is 12.2. The van der Waals surface area contributed by atoms with Crippen LogP contribution in [0.5, 0.6) is 0 Å². The fourth-order valence-corrected chi connectivity index (χ4v) is 2.40. The van der Waals surface area contributed by atoms with E-state index >= 15 is 0 Å². The standard InChI is InChI=1S/C13H30N4/c1-13(2)6-7-16(5)12(10-14)11-17(13)9-8-15(3)4/h12H,6-11,14H2,1-5H3. The van der Waals surface area contributed by atoms with Gasteiger partial charge in [0.2, 0.25) is 0 Å². The molecule has 4 heteroatoms. The van der Waals surface area contributed by atoms with Crippen LogP contribution < -0.4 is 5.73 Å². The fraction of sp³-hybridized carbons (Fsp3) is 1.00. The van der Waals surface area contributed by atoms with E-state index in [0.717, 1.165) is 32.7 Å². The lowest BCUT2D eigenvalue weighted by atomic mass is 9.98. The van der Waals surface area contributed by atoms with Crippen LogP contribution in [0.2, 0.25) is 0 Å². The van der Waals surface area contributed by atoms with Gasteiger partial charge in [-0.25, -0.2) is 0 Å². The number of nitrogens with zero attached hydrogens (tertiary/aromatic N) is 3. The lowest BCUT2D eigenvalue weighted by molar-refractivity contribution is 0.106. The Bertz CT molecular complexity index is 227. The van der Waals surface area contributed by atoms with Crippen molar-refractivity contribution < 1.29 is 0 Å². The van der Waals surface area contributed by atoms with Crippen molar-refractivity contribution in [2.75, 3.05) is 53.9 Å². The van der Waals surface area contributed by atoms with Crippen LogP contribution in [0.3, 0.4) is 0 Å². The first kappa shape index (κ1) is 14.9. The average molecular weight is 242 g/mol. The maximum atomic E-state index is 5.89. The summed E-state index contributed by atoms with van der Waals surface area (Å²) in [4.78, 5) is 7.27. The molecule has 2 N–H and O–H groups in total. The number of hydrogen-bond donors (Lipinski definition) is 1. The molecule has 4 nitrogen and oxygen atoms in total. The van der Waals surface area contributed by atoms with Gasteiger partial charge in [0.25, 0.3) is 0 Å². The van der Waals surface area contributed by atoms with E-state index in [0.29, 0.717) is 6.04 Å². The van der Waals surface area contributed by atoms with Gasteiger partial charge >= 0.3 is 0 Å². The molecule has 0 aromatic rings. The molecule has 1 fully saturated rings. The monoisotopic (exact) mass is 242 g/mol. The molecule has 0 aromatic heterocycles. The summed E-state index contributed by atoms with van der Waals surface area (Å²) in [5.41, 5.74) is 6.18. The second kappa shape index (κ2) is 6.14. The Morgan fingerprint density at radius 3 is 2.53 bits per heavy atom. The van der Waals surface area contributed by atoms with E-state index in [1.165, 1.54) is 6.42 Å². The van der Waals surface area contributed by atoms with Gasteiger partial charge in [-0.2, -0.15) is 0 Å². The second-order valence-corrected chi connectivity index (χ2v) is 6.18. The van der Waals surface area contributed by atoms with Crippen LogP contribution in [0.1, 0.15) is 20.3 Å². The van der Waals surface area contributed by atoms with Crippen molar-refractivity contribution in [2.45, 2.75) is 31.8 Å². The molecule has 1 aliphatic heterocycles. The van der Waals surface area contributed by atoms with E-state index in [9.17, 15) is 0 Å². The molecular weight excluding hydrogens is 212 g/mol. The summed E-state index contributed by atoms with van der Waals surface area (Å²) in [6.45, 7) is 9.95. The van der Waals surface area contributed by atoms with E-state index in [2.05, 4.69) is 49.7 Å². The van der Waals surface area contributed by atoms with E-state index in [1.807, 2.05) is 0 Å². The van der Waals surface area contributed by atoms with Gasteiger partial charge in [-0.15, -0.1) is 0 Å². The largest absolute Gasteiger partial charge is 0.329 e. The van der Waals surface area contributed by atoms with Crippen LogP contribution in [-0.2, 0) is 0 Å². The molecule has 1 rings (SSSR count). The van der Waals surface area contributed by atoms with E-state index in [1.54, 1.807) is 0 Å². The van der Waals surface area contributed by atoms with E-state index in [-0.39, 0.29) is 5.54 Å². The third kappa shape index (κ3) is 4.21. The first-order valence-corrected chi connectivity index (χ1v) is 6.67. The van der Waals surface area contributed by atoms with Gasteiger partial charge in [0.1, 0.15) is 0 Å². The zero-order valence-corrected chi connectivity index (χ0v) is 12.2. The minimum Gasteiger partial charge on any atom is -0.329 e. The Kier molecular flexibility index (Phi) is 5.38. The minimum atomic E-state index is 0.286. The molecule has 1 unspecified atom stereocenters. The summed E-state index contributed by atoms with van der Waals surface area (Å²) < 4.78 is 0. The van der Waals surface area contributed by atoms with Crippen molar-refractivity contribution in [3.63, 3.8) is 0 Å². The SMILES string of the molecule is CN(C)CCN1CC(CN)N(C)CCC1(C)C. The van der Waals surface area contributed by atoms with Crippen molar-refractivity contribution >= 4 is 0 Å². The van der Waals surface area contributed by atoms with Crippen LogP contribution in [0.25, 0.3) is 0 Å². The van der Waals surface area contributed by atoms with Crippen molar-refractivity contribution in [3.8, 4) is 0 Å². The molecular formula is C13H30N4. The summed E-state index contributed by atoms with van der Waals surface area (Å²) in [7, 11) is 6.47. The smallest absolute Gasteiger partial charge is 0.0342 e. The van der Waals surface area contributed by atoms with Crippen molar-refractivity contribution in [2.24, 2.45) is 5.73 Å². The van der Waals surface area contributed by atoms with Gasteiger partial charge in [-0.1, -0.05) is 0 Å². The summed E-state index contributed by atoms with van der Waals surface area (Å²) in [5.74, 6) is 0. The molecule has 0 saturated carbocycles. The summed E-state index contributed by atoms with van der Waals surface area (Å²) >= 11 is 0. The highest BCUT2D eigenvalue weighted by Gasteiger charge is 2.33. The number of nitrogens with two attached hydrogens (primary N) is 1. The lowest BCUT2D eigenvalue weighted by Gasteiger charge is -2.38. The van der Waals surface area contributed by atoms with Crippen molar-refractivity contribution in [1.82, 2.24) is 14.7 Å². The normalized spacial score (nSPS) is 27.4. The molecule has 1 saturated heterocycles. The quantitative estimate of drug-likeness (QED) is 0.769. The predicted octanol–water partition coefficient (Wildman–Crippen LogP) is 0.291. The number of hydrogen-bond acceptors (Lipinski definition) is 4. The lowest BCUT2D eigenvalue weighted by Crippen LogP contribution is -2.50. The van der Waals surface area contributed by atoms with Gasteiger partial charge in [0.05, 0.1) is 0 Å². The predicted molar refractivity (Wildman–Crippen MR) is 74.3 cm³/mol. The molecule has 0 aromatic carbocycles. The Balaban J connectivity index is 2.67. The molecule has 0 aliphatic carbocycles. The third-order valence-corrected chi connectivity index (χ3v) is 4.08. The van der Waals surface area contributed by atoms with Gasteiger partial charge < -0.3 is 15.5 Å². The van der Waals surface area contributed by atoms with Crippen molar-refractivity contribution in [1.29, 1.82) is 0 Å². The van der Waals surface area contributed by atoms with E-state index < -0.39 is 0 Å². The zero-order chi connectivity index (χ0) is 13.1. The molecule has 17 heavy (non-hydrogen) atoms. The molecule has 0 amide bonds. The highest BCUT2D eigenvalue weighted by atomic mass is 15.3. The van der Waals surface area contributed by atoms with Crippen LogP contribution in [0.4, 0.5) is 0 Å². The highest BCUT2D eigenvalue weighted by Crippen LogP contribution is 2.23. The molecule has 1 aliphatic rings. The molecule has 102 valence electrons. The fourth-order valence-electron chi connectivity index (χ4n) is 2.40. The van der Waals surface area contributed by atoms with Crippen LogP contribution in [0, 0.1) is 0 Å². The first-order valence-electron chi connectivity index (χ1n) is 6.67. The van der Waals surface area contributed by atoms with Gasteiger partial charge in [-0.3, -0.25) is 4.90 Å².